The highest BCUT2D eigenvalue weighted by Crippen LogP contribution is 2.32. The van der Waals surface area contributed by atoms with E-state index in [-0.39, 0.29) is 6.42 Å². The number of carbonyl (C=O) groups is 1. The molecule has 1 saturated heterocycles. The van der Waals surface area contributed by atoms with Crippen LogP contribution in [0.5, 0.6) is 11.6 Å². The molecule has 9 heteroatoms. The number of ether oxygens (including phenoxy) is 2. The van der Waals surface area contributed by atoms with Gasteiger partial charge in [0, 0.05) is 23.7 Å². The van der Waals surface area contributed by atoms with Gasteiger partial charge in [0.05, 0.1) is 18.6 Å². The maximum atomic E-state index is 12.1. The van der Waals surface area contributed by atoms with Gasteiger partial charge in [-0.25, -0.2) is 13.4 Å². The first-order valence-electron chi connectivity index (χ1n) is 12.1. The number of sulfonamides is 1. The van der Waals surface area contributed by atoms with Gasteiger partial charge in [-0.1, -0.05) is 30.3 Å². The van der Waals surface area contributed by atoms with Crippen molar-refractivity contribution in [1.29, 1.82) is 0 Å². The van der Waals surface area contributed by atoms with Crippen molar-refractivity contribution in [1.82, 2.24) is 9.71 Å². The van der Waals surface area contributed by atoms with Gasteiger partial charge in [0.2, 0.25) is 21.8 Å². The fourth-order valence-corrected chi connectivity index (χ4v) is 5.75. The van der Waals surface area contributed by atoms with Gasteiger partial charge >= 0.3 is 0 Å². The number of aliphatic hydroxyl groups is 1. The van der Waals surface area contributed by atoms with Crippen LogP contribution in [0.1, 0.15) is 54.3 Å². The molecule has 4 rings (SSSR count). The molecule has 0 bridgehead atoms. The molecule has 0 radical (unpaired) electrons. The number of nitrogens with zero attached hydrogens (tertiary/aromatic N) is 1. The molecule has 0 aliphatic carbocycles. The molecular weight excluding hydrogens is 492 g/mol. The average Bonchev–Trinajstić information content (AvgIpc) is 3.09. The van der Waals surface area contributed by atoms with Crippen molar-refractivity contribution < 1.29 is 27.8 Å². The second-order valence-corrected chi connectivity index (χ2v) is 11.8. The van der Waals surface area contributed by atoms with Crippen molar-refractivity contribution in [2.24, 2.45) is 0 Å². The fraction of sp³-hybridized carbons (Fsp3) is 0.357. The van der Waals surface area contributed by atoms with Gasteiger partial charge < -0.3 is 14.6 Å². The van der Waals surface area contributed by atoms with Crippen LogP contribution in [0.25, 0.3) is 11.1 Å². The van der Waals surface area contributed by atoms with Crippen LogP contribution in [-0.2, 0) is 21.4 Å². The second kappa shape index (κ2) is 10.5. The van der Waals surface area contributed by atoms with Crippen molar-refractivity contribution >= 4 is 15.9 Å². The van der Waals surface area contributed by atoms with Crippen LogP contribution >= 0.6 is 0 Å². The number of aromatic nitrogens is 1. The standard InChI is InChI=1S/C28H32N2O6S/c1-18-14-26(35-13-12-28(3,4)32)29-19(2)27(18)22-7-5-6-20(15-22)17-36-23-10-8-21(9-11-23)24-16-25(31)30-37(24,33)34/h5-11,14-15,24,32H,12-13,16-17H2,1-4H3,(H,30,31). The van der Waals surface area contributed by atoms with Gasteiger partial charge in [-0.15, -0.1) is 0 Å². The highest BCUT2D eigenvalue weighted by molar-refractivity contribution is 7.90. The number of aryl methyl sites for hydroxylation is 2. The average molecular weight is 525 g/mol. The molecule has 8 nitrogen and oxygen atoms in total. The van der Waals surface area contributed by atoms with Gasteiger partial charge in [-0.2, -0.15) is 0 Å². The summed E-state index contributed by atoms with van der Waals surface area (Å²) in [6.07, 6.45) is 0.437. The third kappa shape index (κ3) is 6.67. The van der Waals surface area contributed by atoms with E-state index >= 15 is 0 Å². The number of pyridine rings is 1. The van der Waals surface area contributed by atoms with E-state index in [9.17, 15) is 18.3 Å². The van der Waals surface area contributed by atoms with Crippen molar-refractivity contribution in [3.8, 4) is 22.8 Å². The normalized spacial score (nSPS) is 16.9. The van der Waals surface area contributed by atoms with E-state index < -0.39 is 26.8 Å². The Morgan fingerprint density at radius 2 is 1.81 bits per heavy atom. The molecule has 2 aromatic carbocycles. The number of nitrogens with one attached hydrogen (secondary N) is 1. The van der Waals surface area contributed by atoms with E-state index in [0.717, 1.165) is 27.9 Å². The van der Waals surface area contributed by atoms with Crippen LogP contribution in [-0.4, -0.2) is 36.6 Å². The summed E-state index contributed by atoms with van der Waals surface area (Å²) < 4.78 is 37.9. The summed E-state index contributed by atoms with van der Waals surface area (Å²) in [5.74, 6) is 0.653. The van der Waals surface area contributed by atoms with Crippen molar-refractivity contribution in [2.75, 3.05) is 6.61 Å². The first-order chi connectivity index (χ1) is 17.4. The monoisotopic (exact) mass is 524 g/mol. The Hall–Kier alpha value is -3.43. The first-order valence-corrected chi connectivity index (χ1v) is 13.7. The smallest absolute Gasteiger partial charge is 0.242 e. The van der Waals surface area contributed by atoms with Crippen LogP contribution < -0.4 is 14.2 Å². The van der Waals surface area contributed by atoms with E-state index in [1.54, 1.807) is 38.1 Å². The minimum atomic E-state index is -3.67. The highest BCUT2D eigenvalue weighted by atomic mass is 32.2. The molecule has 3 aromatic rings. The first kappa shape index (κ1) is 26.6. The quantitative estimate of drug-likeness (QED) is 0.427. The molecule has 2 heterocycles. The zero-order chi connectivity index (χ0) is 26.8. The topological polar surface area (TPSA) is 115 Å². The number of carbonyl (C=O) groups excluding carboxylic acids is 1. The molecule has 2 N–H and O–H groups in total. The molecule has 1 unspecified atom stereocenters. The van der Waals surface area contributed by atoms with Gasteiger partial charge in [0.15, 0.2) is 0 Å². The molecule has 37 heavy (non-hydrogen) atoms. The number of benzene rings is 2. The Morgan fingerprint density at radius 1 is 1.08 bits per heavy atom. The lowest BCUT2D eigenvalue weighted by Gasteiger charge is -2.18. The SMILES string of the molecule is Cc1cc(OCCC(C)(C)O)nc(C)c1-c1cccc(COc2ccc(C3CC(=O)NS3(=O)=O)cc2)c1. The van der Waals surface area contributed by atoms with E-state index in [1.807, 2.05) is 42.8 Å². The van der Waals surface area contributed by atoms with Gasteiger partial charge in [-0.3, -0.25) is 9.52 Å². The van der Waals surface area contributed by atoms with Crippen molar-refractivity contribution in [3.63, 3.8) is 0 Å². The Bertz CT molecular complexity index is 1370. The van der Waals surface area contributed by atoms with Gasteiger partial charge in [-0.05, 0) is 68.1 Å². The summed E-state index contributed by atoms with van der Waals surface area (Å²) in [7, 11) is -3.67. The van der Waals surface area contributed by atoms with Crippen LogP contribution in [0.4, 0.5) is 0 Å². The minimum absolute atomic E-state index is 0.0725. The Kier molecular flexibility index (Phi) is 7.57. The molecule has 1 aliphatic heterocycles. The van der Waals surface area contributed by atoms with E-state index in [0.29, 0.717) is 36.8 Å². The lowest BCUT2D eigenvalue weighted by atomic mass is 9.98. The van der Waals surface area contributed by atoms with Crippen molar-refractivity contribution in [3.05, 3.63) is 77.0 Å². The zero-order valence-corrected chi connectivity index (χ0v) is 22.3. The van der Waals surface area contributed by atoms with Gasteiger partial charge in [0.1, 0.15) is 17.6 Å². The summed E-state index contributed by atoms with van der Waals surface area (Å²) in [5, 5.41) is 9.01. The summed E-state index contributed by atoms with van der Waals surface area (Å²) in [6, 6.07) is 16.7. The third-order valence-electron chi connectivity index (χ3n) is 6.21. The van der Waals surface area contributed by atoms with Crippen LogP contribution in [0.15, 0.2) is 54.6 Å². The minimum Gasteiger partial charge on any atom is -0.489 e. The Labute approximate surface area is 217 Å². The van der Waals surface area contributed by atoms with Gasteiger partial charge in [0.25, 0.3) is 0 Å². The summed E-state index contributed by atoms with van der Waals surface area (Å²) >= 11 is 0. The number of hydrogen-bond donors (Lipinski definition) is 2. The lowest BCUT2D eigenvalue weighted by Crippen LogP contribution is -2.22. The maximum Gasteiger partial charge on any atom is 0.242 e. The molecule has 0 saturated carbocycles. The highest BCUT2D eigenvalue weighted by Gasteiger charge is 2.37. The van der Waals surface area contributed by atoms with Crippen LogP contribution in [0.3, 0.4) is 0 Å². The second-order valence-electron chi connectivity index (χ2n) is 9.97. The molecule has 1 amide bonds. The summed E-state index contributed by atoms with van der Waals surface area (Å²) in [6.45, 7) is 8.18. The maximum absolute atomic E-state index is 12.1. The Morgan fingerprint density at radius 3 is 2.43 bits per heavy atom. The molecule has 196 valence electrons. The largest absolute Gasteiger partial charge is 0.489 e. The van der Waals surface area contributed by atoms with Crippen LogP contribution in [0.2, 0.25) is 0 Å². The van der Waals surface area contributed by atoms with E-state index in [1.165, 1.54) is 0 Å². The summed E-state index contributed by atoms with van der Waals surface area (Å²) in [4.78, 5) is 16.1. The fourth-order valence-electron chi connectivity index (χ4n) is 4.32. The number of hydrogen-bond acceptors (Lipinski definition) is 7. The van der Waals surface area contributed by atoms with E-state index in [4.69, 9.17) is 9.47 Å². The molecule has 1 fully saturated rings. The Balaban J connectivity index is 1.43. The number of rotatable bonds is 9. The molecular formula is C28H32N2O6S. The predicted octanol–water partition coefficient (Wildman–Crippen LogP) is 4.38. The molecule has 1 aliphatic rings. The van der Waals surface area contributed by atoms with Crippen molar-refractivity contribution in [2.45, 2.75) is 58.0 Å². The van der Waals surface area contributed by atoms with Crippen LogP contribution in [0, 0.1) is 13.8 Å². The molecule has 1 aromatic heterocycles. The summed E-state index contributed by atoms with van der Waals surface area (Å²) in [5.41, 5.74) is 4.67. The lowest BCUT2D eigenvalue weighted by molar-refractivity contribution is -0.118. The molecule has 0 spiro atoms. The zero-order valence-electron chi connectivity index (χ0n) is 21.4. The predicted molar refractivity (Wildman–Crippen MR) is 141 cm³/mol. The number of amides is 1. The molecule has 1 atom stereocenters. The third-order valence-corrected chi connectivity index (χ3v) is 7.91. The van der Waals surface area contributed by atoms with E-state index in [2.05, 4.69) is 11.1 Å².